The molecular formula is C3H2HgO4. The molecule has 0 aliphatic carbocycles. The molecule has 0 unspecified atom stereocenters. The molecule has 4 nitrogen and oxygen atoms in total. The Morgan fingerprint density at radius 1 is 1.25 bits per heavy atom. The molecular weight excluding hydrogens is 301 g/mol. The topological polar surface area (TPSA) is 52.6 Å². The Balaban J connectivity index is 2.45. The number of carbonyl (C=O) groups excluding carboxylic acids is 2. The Morgan fingerprint density at radius 2 is 1.75 bits per heavy atom. The van der Waals surface area contributed by atoms with Crippen LogP contribution in [0.2, 0.25) is 0 Å². The van der Waals surface area contributed by atoms with Crippen LogP contribution in [0.15, 0.2) is 0 Å². The normalized spacial score (nSPS) is 17.5. The Bertz CT molecular complexity index is 117. The molecule has 1 fully saturated rings. The second-order valence-electron chi connectivity index (χ2n) is 1.33. The van der Waals surface area contributed by atoms with Gasteiger partial charge in [0, 0.05) is 0 Å². The molecule has 0 aromatic carbocycles. The van der Waals surface area contributed by atoms with E-state index >= 15 is 0 Å². The third-order valence-electron chi connectivity index (χ3n) is 0.729. The SMILES string of the molecule is O=C1CC(=O)[O][Hg][O]1. The van der Waals surface area contributed by atoms with Crippen LogP contribution in [0.3, 0.4) is 0 Å². The number of hydrogen-bond acceptors (Lipinski definition) is 4. The molecule has 1 rings (SSSR count). The molecule has 0 N–H and O–H groups in total. The van der Waals surface area contributed by atoms with E-state index < -0.39 is 37.4 Å². The van der Waals surface area contributed by atoms with E-state index in [1.54, 1.807) is 0 Å². The number of hydrogen-bond donors (Lipinski definition) is 0. The van der Waals surface area contributed by atoms with Crippen molar-refractivity contribution in [2.75, 3.05) is 0 Å². The van der Waals surface area contributed by atoms with E-state index in [0.29, 0.717) is 0 Å². The van der Waals surface area contributed by atoms with Gasteiger partial charge in [-0.25, -0.2) is 0 Å². The molecule has 0 radical (unpaired) electrons. The summed E-state index contributed by atoms with van der Waals surface area (Å²) >= 11 is -1.92. The van der Waals surface area contributed by atoms with Gasteiger partial charge in [0.1, 0.15) is 0 Å². The van der Waals surface area contributed by atoms with Gasteiger partial charge in [-0.15, -0.1) is 0 Å². The molecule has 0 saturated carbocycles. The standard InChI is InChI=1S/C3H4O4.Hg/c4-2(5)1-3(6)7;/h1H2,(H,4,5)(H,6,7);/q;+2/p-2. The van der Waals surface area contributed by atoms with Crippen LogP contribution in [0, 0.1) is 0 Å². The quantitative estimate of drug-likeness (QED) is 0.442. The molecule has 1 aliphatic heterocycles. The fraction of sp³-hybridized carbons (Fsp3) is 0.333. The van der Waals surface area contributed by atoms with Gasteiger partial charge >= 0.3 is 58.7 Å². The molecule has 40 valence electrons. The summed E-state index contributed by atoms with van der Waals surface area (Å²) in [6, 6.07) is 0. The van der Waals surface area contributed by atoms with Gasteiger partial charge < -0.3 is 0 Å². The Morgan fingerprint density at radius 3 is 2.00 bits per heavy atom. The summed E-state index contributed by atoms with van der Waals surface area (Å²) in [7, 11) is 0. The van der Waals surface area contributed by atoms with E-state index in [1.807, 2.05) is 0 Å². The zero-order valence-corrected chi connectivity index (χ0v) is 9.54. The first-order chi connectivity index (χ1) is 3.79. The first-order valence-corrected chi connectivity index (χ1v) is 6.59. The van der Waals surface area contributed by atoms with E-state index in [-0.39, 0.29) is 6.42 Å². The summed E-state index contributed by atoms with van der Waals surface area (Å²) in [4.78, 5) is 20.4. The molecule has 8 heavy (non-hydrogen) atoms. The monoisotopic (exact) mass is 304 g/mol. The van der Waals surface area contributed by atoms with Crippen LogP contribution in [0.4, 0.5) is 0 Å². The van der Waals surface area contributed by atoms with Gasteiger partial charge in [0.05, 0.1) is 0 Å². The minimum atomic E-state index is -1.92. The summed E-state index contributed by atoms with van der Waals surface area (Å²) < 4.78 is 8.98. The predicted octanol–water partition coefficient (Wildman–Crippen LogP) is -0.611. The van der Waals surface area contributed by atoms with Crippen LogP contribution in [-0.2, 0) is 40.4 Å². The first-order valence-electron chi connectivity index (χ1n) is 2.10. The fourth-order valence-corrected chi connectivity index (χ4v) is 2.43. The molecule has 0 amide bonds. The van der Waals surface area contributed by atoms with E-state index in [4.69, 9.17) is 0 Å². The summed E-state index contributed by atoms with van der Waals surface area (Å²) in [5.74, 6) is -0.828. The van der Waals surface area contributed by atoms with Crippen molar-refractivity contribution < 1.29 is 40.4 Å². The van der Waals surface area contributed by atoms with Crippen molar-refractivity contribution in [2.45, 2.75) is 6.42 Å². The third-order valence-corrected chi connectivity index (χ3v) is 4.15. The van der Waals surface area contributed by atoms with Crippen LogP contribution < -0.4 is 0 Å². The van der Waals surface area contributed by atoms with Crippen molar-refractivity contribution in [3.63, 3.8) is 0 Å². The Kier molecular flexibility index (Phi) is 1.83. The summed E-state index contributed by atoms with van der Waals surface area (Å²) in [6.07, 6.45) is -0.194. The first kappa shape index (κ1) is 6.00. The molecule has 0 atom stereocenters. The van der Waals surface area contributed by atoms with E-state index in [0.717, 1.165) is 0 Å². The van der Waals surface area contributed by atoms with Gasteiger partial charge in [-0.3, -0.25) is 0 Å². The van der Waals surface area contributed by atoms with Crippen molar-refractivity contribution in [1.29, 1.82) is 0 Å². The van der Waals surface area contributed by atoms with Crippen molar-refractivity contribution in [3.8, 4) is 0 Å². The van der Waals surface area contributed by atoms with E-state index in [1.165, 1.54) is 0 Å². The molecule has 1 saturated heterocycles. The second kappa shape index (κ2) is 2.43. The Labute approximate surface area is 58.9 Å². The van der Waals surface area contributed by atoms with Crippen molar-refractivity contribution in [2.24, 2.45) is 0 Å². The van der Waals surface area contributed by atoms with Gasteiger partial charge in [-0.1, -0.05) is 0 Å². The number of carbonyl (C=O) groups is 2. The minimum absolute atomic E-state index is 0.194. The molecule has 0 aromatic heterocycles. The molecule has 0 aromatic rings. The average Bonchev–Trinajstić information content (AvgIpc) is 1.64. The molecule has 1 heterocycles. The van der Waals surface area contributed by atoms with E-state index in [2.05, 4.69) is 5.29 Å². The van der Waals surface area contributed by atoms with Crippen LogP contribution in [0.1, 0.15) is 6.42 Å². The van der Waals surface area contributed by atoms with E-state index in [9.17, 15) is 9.59 Å². The van der Waals surface area contributed by atoms with Crippen LogP contribution in [-0.4, -0.2) is 11.9 Å². The van der Waals surface area contributed by atoms with Gasteiger partial charge in [-0.05, 0) is 0 Å². The van der Waals surface area contributed by atoms with Crippen molar-refractivity contribution in [3.05, 3.63) is 0 Å². The fourth-order valence-electron chi connectivity index (χ4n) is 0.381. The maximum atomic E-state index is 10.2. The molecule has 1 aliphatic rings. The van der Waals surface area contributed by atoms with Crippen molar-refractivity contribution >= 4 is 11.9 Å². The van der Waals surface area contributed by atoms with Crippen molar-refractivity contribution in [1.82, 2.24) is 0 Å². The summed E-state index contributed by atoms with van der Waals surface area (Å²) in [6.45, 7) is 0. The van der Waals surface area contributed by atoms with Crippen LogP contribution in [0.5, 0.6) is 0 Å². The zero-order chi connectivity index (χ0) is 5.98. The third kappa shape index (κ3) is 1.43. The molecule has 0 bridgehead atoms. The van der Waals surface area contributed by atoms with Gasteiger partial charge in [0.15, 0.2) is 0 Å². The number of rotatable bonds is 0. The Hall–Kier alpha value is -0.125. The van der Waals surface area contributed by atoms with Gasteiger partial charge in [0.2, 0.25) is 0 Å². The van der Waals surface area contributed by atoms with Crippen LogP contribution >= 0.6 is 0 Å². The zero-order valence-electron chi connectivity index (χ0n) is 4.05. The predicted molar refractivity (Wildman–Crippen MR) is 16.8 cm³/mol. The summed E-state index contributed by atoms with van der Waals surface area (Å²) in [5, 5.41) is 0. The molecule has 5 heteroatoms. The van der Waals surface area contributed by atoms with Gasteiger partial charge in [0.25, 0.3) is 0 Å². The second-order valence-corrected chi connectivity index (χ2v) is 4.49. The van der Waals surface area contributed by atoms with Gasteiger partial charge in [-0.2, -0.15) is 0 Å². The molecule has 0 spiro atoms. The average molecular weight is 303 g/mol. The van der Waals surface area contributed by atoms with Crippen LogP contribution in [0.25, 0.3) is 0 Å². The summed E-state index contributed by atoms with van der Waals surface area (Å²) in [5.41, 5.74) is 0. The maximum absolute atomic E-state index is 10.2.